The van der Waals surface area contributed by atoms with Gasteiger partial charge in [-0.05, 0) is 19.3 Å². The summed E-state index contributed by atoms with van der Waals surface area (Å²) in [6.45, 7) is 5.28. The number of morpholine rings is 1. The smallest absolute Gasteiger partial charge is 0.377 e. The maximum absolute atomic E-state index is 14.9. The monoisotopic (exact) mass is 434 g/mol. The van der Waals surface area contributed by atoms with E-state index in [0.29, 0.717) is 0 Å². The summed E-state index contributed by atoms with van der Waals surface area (Å²) < 4.78 is 62.2. The number of anilines is 2. The molecule has 0 aliphatic carbocycles. The first-order valence-corrected chi connectivity index (χ1v) is 10.0. The average molecular weight is 434 g/mol. The molecular weight excluding hydrogens is 408 g/mol. The van der Waals surface area contributed by atoms with Gasteiger partial charge >= 0.3 is 6.18 Å². The first-order chi connectivity index (χ1) is 14.0. The molecule has 0 saturated carbocycles. The van der Waals surface area contributed by atoms with E-state index in [9.17, 15) is 27.2 Å². The Morgan fingerprint density at radius 2 is 2.00 bits per heavy atom. The van der Waals surface area contributed by atoms with E-state index >= 15 is 0 Å². The molecule has 3 rings (SSSR count). The minimum absolute atomic E-state index is 0.0280. The number of halogens is 4. The van der Waals surface area contributed by atoms with Gasteiger partial charge in [0.25, 0.3) is 5.56 Å². The molecule has 11 heteroatoms. The Balaban J connectivity index is 2.09. The molecule has 0 unspecified atom stereocenters. The van der Waals surface area contributed by atoms with Crippen molar-refractivity contribution >= 4 is 17.5 Å². The van der Waals surface area contributed by atoms with Crippen LogP contribution in [0.4, 0.5) is 29.3 Å². The summed E-state index contributed by atoms with van der Waals surface area (Å²) in [6, 6.07) is -2.28. The molecule has 0 N–H and O–H groups in total. The number of ketones is 1. The summed E-state index contributed by atoms with van der Waals surface area (Å²) >= 11 is 0. The summed E-state index contributed by atoms with van der Waals surface area (Å²) in [5.41, 5.74) is -1.03. The number of fused-ring (bicyclic) bond motifs is 1. The average Bonchev–Trinajstić information content (AvgIpc) is 2.64. The lowest BCUT2D eigenvalue weighted by Crippen LogP contribution is -2.55. The highest BCUT2D eigenvalue weighted by molar-refractivity contribution is 5.83. The SMILES string of the molecule is CC(C)CC(=O)CN1c2nc(N3CCOC[C@H]3C)c(F)c(=O)n2CC[C@H]1C(F)(F)F. The van der Waals surface area contributed by atoms with Gasteiger partial charge in [0.15, 0.2) is 11.6 Å². The van der Waals surface area contributed by atoms with Gasteiger partial charge in [-0.1, -0.05) is 13.8 Å². The molecular formula is C19H26F4N4O3. The zero-order valence-corrected chi connectivity index (χ0v) is 17.2. The molecule has 2 atom stereocenters. The summed E-state index contributed by atoms with van der Waals surface area (Å²) in [6.07, 6.45) is -4.98. The Kier molecular flexibility index (Phi) is 6.40. The Hall–Kier alpha value is -2.17. The van der Waals surface area contributed by atoms with Crippen LogP contribution in [0.5, 0.6) is 0 Å². The fourth-order valence-corrected chi connectivity index (χ4v) is 3.94. The van der Waals surface area contributed by atoms with Crippen molar-refractivity contribution < 1.29 is 27.1 Å². The van der Waals surface area contributed by atoms with Crippen molar-refractivity contribution in [2.75, 3.05) is 36.1 Å². The molecule has 30 heavy (non-hydrogen) atoms. The lowest BCUT2D eigenvalue weighted by atomic mass is 10.0. The molecule has 2 aliphatic heterocycles. The van der Waals surface area contributed by atoms with Crippen LogP contribution in [0, 0.1) is 11.7 Å². The molecule has 0 radical (unpaired) electrons. The van der Waals surface area contributed by atoms with Gasteiger partial charge in [0.05, 0.1) is 25.8 Å². The topological polar surface area (TPSA) is 67.7 Å². The van der Waals surface area contributed by atoms with Crippen LogP contribution in [0.25, 0.3) is 0 Å². The number of Topliss-reactive ketones (excluding diaryl/α,β-unsaturated/α-hetero) is 1. The van der Waals surface area contributed by atoms with Crippen molar-refractivity contribution in [2.45, 2.75) is 58.4 Å². The lowest BCUT2D eigenvalue weighted by molar-refractivity contribution is -0.153. The van der Waals surface area contributed by atoms with E-state index in [4.69, 9.17) is 4.74 Å². The van der Waals surface area contributed by atoms with E-state index in [1.807, 2.05) is 0 Å². The highest BCUT2D eigenvalue weighted by Gasteiger charge is 2.47. The van der Waals surface area contributed by atoms with E-state index in [2.05, 4.69) is 4.98 Å². The quantitative estimate of drug-likeness (QED) is 0.663. The molecule has 7 nitrogen and oxygen atoms in total. The molecule has 0 bridgehead atoms. The van der Waals surface area contributed by atoms with Crippen molar-refractivity contribution in [2.24, 2.45) is 5.92 Å². The van der Waals surface area contributed by atoms with Crippen LogP contribution in [0.1, 0.15) is 33.6 Å². The van der Waals surface area contributed by atoms with Gasteiger partial charge in [-0.25, -0.2) is 0 Å². The van der Waals surface area contributed by atoms with Crippen LogP contribution in [0.2, 0.25) is 0 Å². The predicted octanol–water partition coefficient (Wildman–Crippen LogP) is 2.36. The van der Waals surface area contributed by atoms with Crippen molar-refractivity contribution in [1.82, 2.24) is 9.55 Å². The maximum atomic E-state index is 14.9. The van der Waals surface area contributed by atoms with Crippen LogP contribution in [-0.4, -0.2) is 59.9 Å². The number of hydrogen-bond acceptors (Lipinski definition) is 6. The molecule has 3 heterocycles. The van der Waals surface area contributed by atoms with Crippen molar-refractivity contribution in [3.8, 4) is 0 Å². The molecule has 1 fully saturated rings. The first-order valence-electron chi connectivity index (χ1n) is 10.0. The van der Waals surface area contributed by atoms with E-state index < -0.39 is 42.3 Å². The second-order valence-corrected chi connectivity index (χ2v) is 8.23. The van der Waals surface area contributed by atoms with E-state index in [1.165, 1.54) is 4.90 Å². The van der Waals surface area contributed by atoms with Crippen LogP contribution in [0.3, 0.4) is 0 Å². The van der Waals surface area contributed by atoms with E-state index in [1.54, 1.807) is 20.8 Å². The predicted molar refractivity (Wildman–Crippen MR) is 102 cm³/mol. The third kappa shape index (κ3) is 4.45. The largest absolute Gasteiger partial charge is 0.408 e. The van der Waals surface area contributed by atoms with Gasteiger partial charge in [-0.15, -0.1) is 0 Å². The second kappa shape index (κ2) is 8.52. The third-order valence-electron chi connectivity index (χ3n) is 5.34. The molecule has 1 aromatic heterocycles. The molecule has 1 saturated heterocycles. The maximum Gasteiger partial charge on any atom is 0.408 e. The van der Waals surface area contributed by atoms with Gasteiger partial charge in [0.1, 0.15) is 6.04 Å². The fraction of sp³-hybridized carbons (Fsp3) is 0.737. The fourth-order valence-electron chi connectivity index (χ4n) is 3.94. The molecule has 2 aliphatic rings. The zero-order valence-electron chi connectivity index (χ0n) is 17.2. The Morgan fingerprint density at radius 3 is 2.60 bits per heavy atom. The van der Waals surface area contributed by atoms with Crippen molar-refractivity contribution in [3.05, 3.63) is 16.2 Å². The van der Waals surface area contributed by atoms with E-state index in [-0.39, 0.29) is 56.5 Å². The number of nitrogens with zero attached hydrogens (tertiary/aromatic N) is 4. The Labute approximate surface area is 171 Å². The highest BCUT2D eigenvalue weighted by Crippen LogP contribution is 2.35. The first kappa shape index (κ1) is 22.5. The van der Waals surface area contributed by atoms with Crippen molar-refractivity contribution in [1.29, 1.82) is 0 Å². The minimum Gasteiger partial charge on any atom is -0.377 e. The number of rotatable bonds is 5. The zero-order chi connectivity index (χ0) is 22.2. The summed E-state index contributed by atoms with van der Waals surface area (Å²) in [5, 5.41) is 0. The van der Waals surface area contributed by atoms with Gasteiger partial charge < -0.3 is 14.5 Å². The van der Waals surface area contributed by atoms with Crippen LogP contribution < -0.4 is 15.4 Å². The number of ether oxygens (including phenoxy) is 1. The number of carbonyl (C=O) groups excluding carboxylic acids is 1. The minimum atomic E-state index is -4.62. The van der Waals surface area contributed by atoms with Crippen LogP contribution in [-0.2, 0) is 16.1 Å². The summed E-state index contributed by atoms with van der Waals surface area (Å²) in [7, 11) is 0. The normalized spacial score (nSPS) is 22.4. The number of hydrogen-bond donors (Lipinski definition) is 0. The van der Waals surface area contributed by atoms with Crippen molar-refractivity contribution in [3.63, 3.8) is 0 Å². The van der Waals surface area contributed by atoms with Gasteiger partial charge in [-0.2, -0.15) is 22.5 Å². The number of carbonyl (C=O) groups is 1. The highest BCUT2D eigenvalue weighted by atomic mass is 19.4. The van der Waals surface area contributed by atoms with Crippen LogP contribution in [0.15, 0.2) is 4.79 Å². The van der Waals surface area contributed by atoms with E-state index in [0.717, 1.165) is 9.47 Å². The van der Waals surface area contributed by atoms with Crippen LogP contribution >= 0.6 is 0 Å². The Morgan fingerprint density at radius 1 is 1.30 bits per heavy atom. The van der Waals surface area contributed by atoms with Gasteiger partial charge in [-0.3, -0.25) is 14.2 Å². The van der Waals surface area contributed by atoms with Gasteiger partial charge in [0, 0.05) is 19.5 Å². The molecule has 168 valence electrons. The Bertz CT molecular complexity index is 855. The summed E-state index contributed by atoms with van der Waals surface area (Å²) in [5.74, 6) is -2.15. The number of aromatic nitrogens is 2. The van der Waals surface area contributed by atoms with Gasteiger partial charge in [0.2, 0.25) is 11.8 Å². The standard InChI is InChI=1S/C19H26F4N4O3/c1-11(2)8-13(28)9-27-14(19(21,22)23)4-5-26-17(29)15(20)16(24-18(26)27)25-6-7-30-10-12(25)3/h11-12,14H,4-10H2,1-3H3/t12-,14+/m1/s1. The number of alkyl halides is 3. The third-order valence-corrected chi connectivity index (χ3v) is 5.34. The second-order valence-electron chi connectivity index (χ2n) is 8.23. The molecule has 0 spiro atoms. The molecule has 0 amide bonds. The summed E-state index contributed by atoms with van der Waals surface area (Å²) in [4.78, 5) is 31.5. The molecule has 1 aromatic rings. The molecule has 0 aromatic carbocycles. The lowest BCUT2D eigenvalue weighted by Gasteiger charge is -2.40.